The molecule has 1 atom stereocenters. The predicted octanol–water partition coefficient (Wildman–Crippen LogP) is 3.35. The van der Waals surface area contributed by atoms with Crippen molar-refractivity contribution < 1.29 is 26.0 Å². The molecule has 2 aromatic carbocycles. The van der Waals surface area contributed by atoms with Gasteiger partial charge in [-0.2, -0.15) is 0 Å². The molecule has 3 aromatic rings. The first-order valence-electron chi connectivity index (χ1n) is 7.80. The van der Waals surface area contributed by atoms with Gasteiger partial charge in [-0.15, -0.1) is 0 Å². The Kier molecular flexibility index (Phi) is 5.75. The molecule has 0 amide bonds. The van der Waals surface area contributed by atoms with Gasteiger partial charge in [-0.1, -0.05) is 24.3 Å². The van der Waals surface area contributed by atoms with Gasteiger partial charge in [0.25, 0.3) is 11.3 Å². The summed E-state index contributed by atoms with van der Waals surface area (Å²) in [7, 11) is -4.24. The molecule has 0 fully saturated rings. The minimum atomic E-state index is -4.24. The van der Waals surface area contributed by atoms with Gasteiger partial charge in [-0.3, -0.25) is 4.55 Å². The van der Waals surface area contributed by atoms with E-state index in [4.69, 9.17) is 9.56 Å². The summed E-state index contributed by atoms with van der Waals surface area (Å²) in [5.41, 5.74) is 1.14. The minimum absolute atomic E-state index is 0.355. The van der Waals surface area contributed by atoms with Gasteiger partial charge in [-0.05, 0) is 42.0 Å². The van der Waals surface area contributed by atoms with Crippen LogP contribution in [0.5, 0.6) is 0 Å². The van der Waals surface area contributed by atoms with Gasteiger partial charge in [0.15, 0.2) is 0 Å². The van der Waals surface area contributed by atoms with Crippen molar-refractivity contribution in [2.75, 3.05) is 4.31 Å². The SMILES string of the molecule is NS(=O)(=O)c1ccc(F)cc1N(C=Cc1ccc(-c2ccco2)cc1)S(=O)O. The van der Waals surface area contributed by atoms with Crippen LogP contribution in [0.4, 0.5) is 10.1 Å². The average Bonchev–Trinajstić information content (AvgIpc) is 3.16. The Labute approximate surface area is 163 Å². The highest BCUT2D eigenvalue weighted by atomic mass is 32.2. The Hall–Kier alpha value is -2.79. The third-order valence-electron chi connectivity index (χ3n) is 3.75. The number of furan rings is 1. The third-order valence-corrected chi connectivity index (χ3v) is 5.37. The van der Waals surface area contributed by atoms with Gasteiger partial charge >= 0.3 is 0 Å². The lowest BCUT2D eigenvalue weighted by atomic mass is 10.1. The molecule has 0 saturated carbocycles. The number of hydrogen-bond donors (Lipinski definition) is 2. The van der Waals surface area contributed by atoms with Gasteiger partial charge in [0.05, 0.1) is 12.0 Å². The summed E-state index contributed by atoms with van der Waals surface area (Å²) in [5, 5.41) is 5.13. The summed E-state index contributed by atoms with van der Waals surface area (Å²) in [6, 6.07) is 13.3. The smallest absolute Gasteiger partial charge is 0.266 e. The summed E-state index contributed by atoms with van der Waals surface area (Å²) in [6.45, 7) is 0. The molecule has 0 saturated heterocycles. The van der Waals surface area contributed by atoms with E-state index in [0.29, 0.717) is 15.6 Å². The molecule has 0 aliphatic carbocycles. The van der Waals surface area contributed by atoms with Gasteiger partial charge in [0, 0.05) is 11.8 Å². The molecule has 3 rings (SSSR count). The summed E-state index contributed by atoms with van der Waals surface area (Å²) in [6.07, 6.45) is 4.19. The van der Waals surface area contributed by atoms with E-state index < -0.39 is 32.0 Å². The number of sulfonamides is 1. The molecule has 28 heavy (non-hydrogen) atoms. The molecule has 7 nitrogen and oxygen atoms in total. The van der Waals surface area contributed by atoms with E-state index >= 15 is 0 Å². The predicted molar refractivity (Wildman–Crippen MR) is 104 cm³/mol. The van der Waals surface area contributed by atoms with Crippen molar-refractivity contribution >= 4 is 33.1 Å². The number of halogens is 1. The number of nitrogens with two attached hydrogens (primary N) is 1. The zero-order valence-corrected chi connectivity index (χ0v) is 15.9. The van der Waals surface area contributed by atoms with Crippen molar-refractivity contribution in [1.29, 1.82) is 0 Å². The van der Waals surface area contributed by atoms with Crippen molar-refractivity contribution in [3.05, 3.63) is 78.4 Å². The van der Waals surface area contributed by atoms with Crippen LogP contribution >= 0.6 is 0 Å². The second-order valence-electron chi connectivity index (χ2n) is 5.63. The molecule has 1 aromatic heterocycles. The first-order valence-corrected chi connectivity index (χ1v) is 10.4. The van der Waals surface area contributed by atoms with Crippen molar-refractivity contribution in [2.24, 2.45) is 5.14 Å². The van der Waals surface area contributed by atoms with Crippen LogP contribution in [0.1, 0.15) is 5.56 Å². The van der Waals surface area contributed by atoms with Gasteiger partial charge in [0.2, 0.25) is 10.0 Å². The Bertz CT molecular complexity index is 1130. The summed E-state index contributed by atoms with van der Waals surface area (Å²) < 4.78 is 64.4. The topological polar surface area (TPSA) is 114 Å². The van der Waals surface area contributed by atoms with Gasteiger partial charge < -0.3 is 4.42 Å². The average molecular weight is 422 g/mol. The van der Waals surface area contributed by atoms with E-state index in [1.807, 2.05) is 0 Å². The zero-order valence-electron chi connectivity index (χ0n) is 14.2. The van der Waals surface area contributed by atoms with E-state index in [2.05, 4.69) is 0 Å². The lowest BCUT2D eigenvalue weighted by Gasteiger charge is -2.18. The number of anilines is 1. The van der Waals surface area contributed by atoms with Crippen molar-refractivity contribution in [2.45, 2.75) is 4.90 Å². The van der Waals surface area contributed by atoms with Crippen LogP contribution in [0.2, 0.25) is 0 Å². The fraction of sp³-hybridized carbons (Fsp3) is 0. The molecule has 0 bridgehead atoms. The van der Waals surface area contributed by atoms with Crippen LogP contribution < -0.4 is 9.44 Å². The van der Waals surface area contributed by atoms with Crippen LogP contribution in [-0.4, -0.2) is 17.2 Å². The second kappa shape index (κ2) is 8.07. The summed E-state index contributed by atoms with van der Waals surface area (Å²) in [5.74, 6) is -0.0970. The fourth-order valence-electron chi connectivity index (χ4n) is 2.47. The Balaban J connectivity index is 1.94. The Morgan fingerprint density at radius 1 is 1.14 bits per heavy atom. The largest absolute Gasteiger partial charge is 0.464 e. The van der Waals surface area contributed by atoms with Crippen LogP contribution in [0.3, 0.4) is 0 Å². The standard InChI is InChI=1S/C18H15FN2O5S2/c19-15-7-8-18(28(20,24)25)16(12-15)21(27(22)23)10-9-13-3-5-14(6-4-13)17-2-1-11-26-17/h1-12H,(H,22,23)(H2,20,24,25). The highest BCUT2D eigenvalue weighted by Crippen LogP contribution is 2.27. The quantitative estimate of drug-likeness (QED) is 0.592. The fourth-order valence-corrected chi connectivity index (χ4v) is 3.72. The normalized spacial score (nSPS) is 13.0. The second-order valence-corrected chi connectivity index (χ2v) is 8.01. The highest BCUT2D eigenvalue weighted by molar-refractivity contribution is 7.89. The monoisotopic (exact) mass is 422 g/mol. The Morgan fingerprint density at radius 2 is 1.86 bits per heavy atom. The van der Waals surface area contributed by atoms with E-state index in [1.54, 1.807) is 42.7 Å². The van der Waals surface area contributed by atoms with Crippen LogP contribution in [0.15, 0.2) is 76.4 Å². The molecule has 10 heteroatoms. The van der Waals surface area contributed by atoms with E-state index in [0.717, 1.165) is 23.8 Å². The number of primary sulfonamides is 1. The van der Waals surface area contributed by atoms with Crippen LogP contribution in [0.25, 0.3) is 17.4 Å². The van der Waals surface area contributed by atoms with Crippen LogP contribution in [0, 0.1) is 5.82 Å². The van der Waals surface area contributed by atoms with Crippen LogP contribution in [-0.2, 0) is 21.3 Å². The van der Waals surface area contributed by atoms with E-state index in [-0.39, 0.29) is 5.69 Å². The van der Waals surface area contributed by atoms with Crippen molar-refractivity contribution in [3.63, 3.8) is 0 Å². The van der Waals surface area contributed by atoms with E-state index in [1.165, 1.54) is 12.3 Å². The zero-order chi connectivity index (χ0) is 20.3. The summed E-state index contributed by atoms with van der Waals surface area (Å²) in [4.78, 5) is -0.478. The molecule has 0 radical (unpaired) electrons. The lowest BCUT2D eigenvalue weighted by Crippen LogP contribution is -2.23. The third kappa shape index (κ3) is 4.54. The molecular formula is C18H15FN2O5S2. The molecule has 3 N–H and O–H groups in total. The Morgan fingerprint density at radius 3 is 2.43 bits per heavy atom. The lowest BCUT2D eigenvalue weighted by molar-refractivity contribution is 0.563. The molecule has 146 valence electrons. The van der Waals surface area contributed by atoms with Crippen molar-refractivity contribution in [1.82, 2.24) is 0 Å². The first kappa shape index (κ1) is 20.0. The molecule has 1 unspecified atom stereocenters. The first-order chi connectivity index (χ1) is 13.3. The van der Waals surface area contributed by atoms with E-state index in [9.17, 15) is 21.6 Å². The maximum atomic E-state index is 13.6. The molecular weight excluding hydrogens is 407 g/mol. The minimum Gasteiger partial charge on any atom is -0.464 e. The summed E-state index contributed by atoms with van der Waals surface area (Å²) >= 11 is -2.67. The number of nitrogens with zero attached hydrogens (tertiary/aromatic N) is 1. The number of benzene rings is 2. The van der Waals surface area contributed by atoms with Gasteiger partial charge in [-0.25, -0.2) is 26.5 Å². The highest BCUT2D eigenvalue weighted by Gasteiger charge is 2.21. The molecule has 0 aliphatic heterocycles. The number of rotatable bonds is 6. The molecule has 0 spiro atoms. The molecule has 1 heterocycles. The van der Waals surface area contributed by atoms with Crippen molar-refractivity contribution in [3.8, 4) is 11.3 Å². The number of hydrogen-bond acceptors (Lipinski definition) is 4. The maximum Gasteiger partial charge on any atom is 0.266 e. The maximum absolute atomic E-state index is 13.6. The van der Waals surface area contributed by atoms with Gasteiger partial charge in [0.1, 0.15) is 16.5 Å². The molecule has 0 aliphatic rings.